The number of aromatic carboxylic acids is 1. The van der Waals surface area contributed by atoms with Gasteiger partial charge in [-0.25, -0.2) is 4.79 Å². The second kappa shape index (κ2) is 6.69. The van der Waals surface area contributed by atoms with Gasteiger partial charge in [0, 0.05) is 0 Å². The molecule has 0 aliphatic rings. The molecule has 0 saturated carbocycles. The molecular weight excluding hydrogens is 324 g/mol. The van der Waals surface area contributed by atoms with E-state index in [1.54, 1.807) is 17.8 Å². The predicted octanol–water partition coefficient (Wildman–Crippen LogP) is 4.71. The molecule has 124 valence electrons. The predicted molar refractivity (Wildman–Crippen MR) is 97.3 cm³/mol. The van der Waals surface area contributed by atoms with Crippen molar-refractivity contribution in [3.63, 3.8) is 0 Å². The Morgan fingerprint density at radius 3 is 2.67 bits per heavy atom. The van der Waals surface area contributed by atoms with Gasteiger partial charge in [-0.15, -0.1) is 11.8 Å². The Morgan fingerprint density at radius 2 is 2.00 bits per heavy atom. The lowest BCUT2D eigenvalue weighted by Gasteiger charge is -2.09. The van der Waals surface area contributed by atoms with Crippen molar-refractivity contribution in [2.45, 2.75) is 31.1 Å². The molecule has 1 heterocycles. The van der Waals surface area contributed by atoms with E-state index < -0.39 is 5.97 Å². The molecule has 0 amide bonds. The van der Waals surface area contributed by atoms with E-state index in [2.05, 4.69) is 13.0 Å². The summed E-state index contributed by atoms with van der Waals surface area (Å²) in [6, 6.07) is 8.34. The molecule has 0 spiro atoms. The zero-order valence-electron chi connectivity index (χ0n) is 13.6. The maximum atomic E-state index is 12.9. The Kier molecular flexibility index (Phi) is 4.62. The minimum Gasteiger partial charge on any atom is -0.478 e. The average molecular weight is 342 g/mol. The van der Waals surface area contributed by atoms with Crippen molar-refractivity contribution in [1.29, 1.82) is 0 Å². The Labute approximate surface area is 143 Å². The summed E-state index contributed by atoms with van der Waals surface area (Å²) in [4.78, 5) is 25.0. The van der Waals surface area contributed by atoms with Crippen LogP contribution in [0, 0.1) is 0 Å². The minimum absolute atomic E-state index is 0.0846. The summed E-state index contributed by atoms with van der Waals surface area (Å²) in [5, 5.41) is 9.96. The molecule has 24 heavy (non-hydrogen) atoms. The fourth-order valence-corrected chi connectivity index (χ4v) is 3.40. The van der Waals surface area contributed by atoms with Gasteiger partial charge in [0.15, 0.2) is 5.58 Å². The monoisotopic (exact) mass is 342 g/mol. The second-order valence-corrected chi connectivity index (χ2v) is 6.57. The van der Waals surface area contributed by atoms with Crippen LogP contribution in [0.25, 0.3) is 21.9 Å². The number of hydrogen-bond acceptors (Lipinski definition) is 4. The molecule has 3 aromatic rings. The quantitative estimate of drug-likeness (QED) is 0.537. The van der Waals surface area contributed by atoms with Crippen molar-refractivity contribution in [3.05, 3.63) is 51.7 Å². The van der Waals surface area contributed by atoms with Gasteiger partial charge >= 0.3 is 5.97 Å². The zero-order chi connectivity index (χ0) is 17.3. The van der Waals surface area contributed by atoms with Gasteiger partial charge in [0.2, 0.25) is 5.43 Å². The first kappa shape index (κ1) is 16.6. The van der Waals surface area contributed by atoms with Crippen LogP contribution in [0.15, 0.2) is 44.4 Å². The molecule has 3 rings (SSSR count). The van der Waals surface area contributed by atoms with Gasteiger partial charge in [-0.3, -0.25) is 4.79 Å². The minimum atomic E-state index is -1.06. The molecule has 0 bridgehead atoms. The molecule has 0 unspecified atom stereocenters. The van der Waals surface area contributed by atoms with E-state index in [4.69, 9.17) is 9.52 Å². The lowest BCUT2D eigenvalue weighted by molar-refractivity contribution is 0.0697. The Bertz CT molecular complexity index is 988. The van der Waals surface area contributed by atoms with Gasteiger partial charge in [0.25, 0.3) is 0 Å². The topological polar surface area (TPSA) is 67.5 Å². The molecule has 2 aromatic carbocycles. The van der Waals surface area contributed by atoms with Crippen LogP contribution >= 0.6 is 11.8 Å². The molecule has 4 nitrogen and oxygen atoms in total. The van der Waals surface area contributed by atoms with E-state index in [1.807, 2.05) is 12.3 Å². The van der Waals surface area contributed by atoms with Crippen molar-refractivity contribution in [3.8, 4) is 0 Å². The van der Waals surface area contributed by atoms with Crippen molar-refractivity contribution in [1.82, 2.24) is 0 Å². The van der Waals surface area contributed by atoms with Gasteiger partial charge in [-0.1, -0.05) is 13.3 Å². The first-order chi connectivity index (χ1) is 11.5. The molecule has 0 fully saturated rings. The molecule has 0 saturated heterocycles. The van der Waals surface area contributed by atoms with Crippen LogP contribution in [0.2, 0.25) is 0 Å². The number of rotatable bonds is 5. The third-order valence-corrected chi connectivity index (χ3v) is 4.82. The third kappa shape index (κ3) is 2.91. The van der Waals surface area contributed by atoms with E-state index >= 15 is 0 Å². The molecule has 0 aliphatic carbocycles. The standard InChI is InChI=1S/C19H18O4S/c1-3-4-5-11-8-14-17(20)13-10-12(19(21)22)6-7-15(13)23-18(14)16(9-11)24-2/h6-10H,3-5H2,1-2H3,(H,21,22). The summed E-state index contributed by atoms with van der Waals surface area (Å²) < 4.78 is 5.93. The molecule has 1 N–H and O–H groups in total. The maximum Gasteiger partial charge on any atom is 0.335 e. The van der Waals surface area contributed by atoms with Crippen molar-refractivity contribution < 1.29 is 14.3 Å². The van der Waals surface area contributed by atoms with Crippen LogP contribution in [0.4, 0.5) is 0 Å². The second-order valence-electron chi connectivity index (χ2n) is 5.73. The highest BCUT2D eigenvalue weighted by molar-refractivity contribution is 7.98. The van der Waals surface area contributed by atoms with E-state index in [0.717, 1.165) is 29.7 Å². The number of thioether (sulfide) groups is 1. The molecule has 0 radical (unpaired) electrons. The summed E-state index contributed by atoms with van der Waals surface area (Å²) in [5.74, 6) is -1.06. The van der Waals surface area contributed by atoms with Gasteiger partial charge in [-0.05, 0) is 55.0 Å². The fraction of sp³-hybridized carbons (Fsp3) is 0.263. The Hall–Kier alpha value is -2.27. The molecule has 5 heteroatoms. The number of hydrogen-bond donors (Lipinski definition) is 1. The number of benzene rings is 2. The van der Waals surface area contributed by atoms with Crippen LogP contribution in [-0.4, -0.2) is 17.3 Å². The van der Waals surface area contributed by atoms with Crippen LogP contribution in [0.5, 0.6) is 0 Å². The summed E-state index contributed by atoms with van der Waals surface area (Å²) in [6.07, 6.45) is 5.01. The summed E-state index contributed by atoms with van der Waals surface area (Å²) in [7, 11) is 0. The number of fused-ring (bicyclic) bond motifs is 2. The number of aryl methyl sites for hydroxylation is 1. The molecule has 0 aliphatic heterocycles. The first-order valence-corrected chi connectivity index (χ1v) is 9.08. The van der Waals surface area contributed by atoms with E-state index in [-0.39, 0.29) is 11.0 Å². The third-order valence-electron chi connectivity index (χ3n) is 4.08. The molecule has 0 atom stereocenters. The van der Waals surface area contributed by atoms with E-state index in [0.29, 0.717) is 21.9 Å². The van der Waals surface area contributed by atoms with Gasteiger partial charge in [0.05, 0.1) is 21.2 Å². The van der Waals surface area contributed by atoms with E-state index in [1.165, 1.54) is 12.1 Å². The van der Waals surface area contributed by atoms with Crippen LogP contribution in [-0.2, 0) is 6.42 Å². The first-order valence-electron chi connectivity index (χ1n) is 7.86. The number of carboxylic acid groups (broad SMARTS) is 1. The summed E-state index contributed by atoms with van der Waals surface area (Å²) in [5.41, 5.74) is 2.00. The fourth-order valence-electron chi connectivity index (χ4n) is 2.79. The number of carbonyl (C=O) groups is 1. The van der Waals surface area contributed by atoms with Gasteiger partial charge in [-0.2, -0.15) is 0 Å². The van der Waals surface area contributed by atoms with Gasteiger partial charge < -0.3 is 9.52 Å². The number of unbranched alkanes of at least 4 members (excludes halogenated alkanes) is 1. The van der Waals surface area contributed by atoms with Gasteiger partial charge in [0.1, 0.15) is 5.58 Å². The smallest absolute Gasteiger partial charge is 0.335 e. The summed E-state index contributed by atoms with van der Waals surface area (Å²) >= 11 is 1.54. The largest absolute Gasteiger partial charge is 0.478 e. The Balaban J connectivity index is 2.33. The van der Waals surface area contributed by atoms with Crippen molar-refractivity contribution in [2.24, 2.45) is 0 Å². The van der Waals surface area contributed by atoms with Crippen LogP contribution in [0.1, 0.15) is 35.7 Å². The lowest BCUT2D eigenvalue weighted by Crippen LogP contribution is -2.06. The molecular formula is C19H18O4S. The highest BCUT2D eigenvalue weighted by Crippen LogP contribution is 2.30. The highest BCUT2D eigenvalue weighted by atomic mass is 32.2. The lowest BCUT2D eigenvalue weighted by atomic mass is 10.0. The van der Waals surface area contributed by atoms with Crippen LogP contribution < -0.4 is 5.43 Å². The Morgan fingerprint density at radius 1 is 1.21 bits per heavy atom. The SMILES string of the molecule is CCCCc1cc(SC)c2oc3ccc(C(=O)O)cc3c(=O)c2c1. The summed E-state index contributed by atoms with van der Waals surface area (Å²) in [6.45, 7) is 2.13. The average Bonchev–Trinajstić information content (AvgIpc) is 2.59. The van der Waals surface area contributed by atoms with Crippen molar-refractivity contribution >= 4 is 39.7 Å². The normalized spacial score (nSPS) is 11.2. The number of carboxylic acids is 1. The maximum absolute atomic E-state index is 12.9. The van der Waals surface area contributed by atoms with Crippen LogP contribution in [0.3, 0.4) is 0 Å². The highest BCUT2D eigenvalue weighted by Gasteiger charge is 2.14. The van der Waals surface area contributed by atoms with E-state index in [9.17, 15) is 9.59 Å². The zero-order valence-corrected chi connectivity index (χ0v) is 14.4. The molecule has 1 aromatic heterocycles. The van der Waals surface area contributed by atoms with Crippen molar-refractivity contribution in [2.75, 3.05) is 6.26 Å².